The summed E-state index contributed by atoms with van der Waals surface area (Å²) in [5.41, 5.74) is 7.66. The molecule has 2 aromatic heterocycles. The van der Waals surface area contributed by atoms with Gasteiger partial charge in [-0.2, -0.15) is 5.10 Å². The van der Waals surface area contributed by atoms with E-state index in [2.05, 4.69) is 14.9 Å². The van der Waals surface area contributed by atoms with E-state index in [0.717, 1.165) is 17.5 Å². The standard InChI is InChI=1S/C12H15N5O2S/c1-6(2)8-7(3)16-17-10(13)9(14-4)12(15-11(8)17)20(5,18)19/h6H,13H2,1-3,5H3. The summed E-state index contributed by atoms with van der Waals surface area (Å²) in [7, 11) is -3.64. The summed E-state index contributed by atoms with van der Waals surface area (Å²) in [4.78, 5) is 7.33. The molecule has 0 aliphatic carbocycles. The Balaban J connectivity index is 3.05. The summed E-state index contributed by atoms with van der Waals surface area (Å²) >= 11 is 0. The van der Waals surface area contributed by atoms with Gasteiger partial charge in [0.2, 0.25) is 0 Å². The SMILES string of the molecule is [C-]#[N+]c1c(S(C)(=O)=O)nc2c(C(C)C)c(C)nn2c1N. The molecule has 0 amide bonds. The molecule has 8 heteroatoms. The highest BCUT2D eigenvalue weighted by Gasteiger charge is 2.25. The van der Waals surface area contributed by atoms with Gasteiger partial charge in [0.15, 0.2) is 20.5 Å². The van der Waals surface area contributed by atoms with Crippen molar-refractivity contribution >= 4 is 27.0 Å². The minimum atomic E-state index is -3.64. The zero-order valence-corrected chi connectivity index (χ0v) is 12.5. The highest BCUT2D eigenvalue weighted by molar-refractivity contribution is 7.90. The van der Waals surface area contributed by atoms with Gasteiger partial charge in [0, 0.05) is 11.8 Å². The van der Waals surface area contributed by atoms with Crippen LogP contribution in [0, 0.1) is 13.5 Å². The summed E-state index contributed by atoms with van der Waals surface area (Å²) in [6.45, 7) is 12.9. The molecule has 0 bridgehead atoms. The second-order valence-corrected chi connectivity index (χ2v) is 6.85. The molecule has 20 heavy (non-hydrogen) atoms. The first-order valence-electron chi connectivity index (χ1n) is 5.94. The van der Waals surface area contributed by atoms with Gasteiger partial charge in [-0.05, 0) is 12.8 Å². The number of nitrogens with two attached hydrogens (primary N) is 1. The lowest BCUT2D eigenvalue weighted by molar-refractivity contribution is 0.599. The molecule has 0 radical (unpaired) electrons. The Bertz CT molecular complexity index is 843. The number of hydrogen-bond donors (Lipinski definition) is 1. The van der Waals surface area contributed by atoms with Crippen molar-refractivity contribution in [3.05, 3.63) is 22.7 Å². The fourth-order valence-corrected chi connectivity index (χ4v) is 2.95. The zero-order valence-electron chi connectivity index (χ0n) is 11.7. The van der Waals surface area contributed by atoms with Gasteiger partial charge in [-0.1, -0.05) is 13.8 Å². The molecule has 0 saturated carbocycles. The number of nitrogens with zero attached hydrogens (tertiary/aromatic N) is 4. The van der Waals surface area contributed by atoms with Crippen LogP contribution in [0.3, 0.4) is 0 Å². The van der Waals surface area contributed by atoms with E-state index in [1.54, 1.807) is 6.92 Å². The third kappa shape index (κ3) is 2.00. The van der Waals surface area contributed by atoms with Crippen LogP contribution in [-0.4, -0.2) is 29.3 Å². The van der Waals surface area contributed by atoms with Gasteiger partial charge in [0.25, 0.3) is 5.69 Å². The van der Waals surface area contributed by atoms with Crippen molar-refractivity contribution in [1.29, 1.82) is 0 Å². The van der Waals surface area contributed by atoms with Crippen molar-refractivity contribution in [1.82, 2.24) is 14.6 Å². The molecule has 2 N–H and O–H groups in total. The Morgan fingerprint density at radius 2 is 2.00 bits per heavy atom. The lowest BCUT2D eigenvalue weighted by Crippen LogP contribution is -2.08. The van der Waals surface area contributed by atoms with E-state index >= 15 is 0 Å². The van der Waals surface area contributed by atoms with E-state index in [4.69, 9.17) is 12.3 Å². The van der Waals surface area contributed by atoms with Crippen molar-refractivity contribution in [3.63, 3.8) is 0 Å². The first-order chi connectivity index (χ1) is 9.18. The van der Waals surface area contributed by atoms with E-state index in [9.17, 15) is 8.42 Å². The number of hydrogen-bond acceptors (Lipinski definition) is 5. The summed E-state index contributed by atoms with van der Waals surface area (Å²) in [6.07, 6.45) is 1.01. The average molecular weight is 293 g/mol. The van der Waals surface area contributed by atoms with Crippen LogP contribution in [0.2, 0.25) is 0 Å². The molecule has 0 aliphatic heterocycles. The fourth-order valence-electron chi connectivity index (χ4n) is 2.20. The molecule has 0 atom stereocenters. The van der Waals surface area contributed by atoms with Crippen molar-refractivity contribution in [2.24, 2.45) is 0 Å². The quantitative estimate of drug-likeness (QED) is 0.671. The predicted octanol–water partition coefficient (Wildman–Crippen LogP) is 1.70. The largest absolute Gasteiger partial charge is 0.392 e. The normalized spacial score (nSPS) is 12.0. The Kier molecular flexibility index (Phi) is 3.18. The zero-order chi connectivity index (χ0) is 15.2. The Morgan fingerprint density at radius 1 is 1.40 bits per heavy atom. The van der Waals surface area contributed by atoms with Crippen LogP contribution >= 0.6 is 0 Å². The predicted molar refractivity (Wildman–Crippen MR) is 75.6 cm³/mol. The van der Waals surface area contributed by atoms with Gasteiger partial charge in [-0.25, -0.2) is 22.8 Å². The number of rotatable bonds is 2. The average Bonchev–Trinajstić information content (AvgIpc) is 2.64. The minimum Gasteiger partial charge on any atom is -0.392 e. The Morgan fingerprint density at radius 3 is 2.45 bits per heavy atom. The van der Waals surface area contributed by atoms with Crippen molar-refractivity contribution in [2.45, 2.75) is 31.7 Å². The fraction of sp³-hybridized carbons (Fsp3) is 0.417. The van der Waals surface area contributed by atoms with E-state index in [1.165, 1.54) is 4.52 Å². The number of sulfone groups is 1. The maximum Gasteiger partial charge on any atom is 0.264 e. The second-order valence-electron chi connectivity index (χ2n) is 4.92. The molecule has 0 spiro atoms. The monoisotopic (exact) mass is 293 g/mol. The van der Waals surface area contributed by atoms with Gasteiger partial charge in [0.05, 0.1) is 12.3 Å². The van der Waals surface area contributed by atoms with Crippen LogP contribution in [0.15, 0.2) is 5.03 Å². The van der Waals surface area contributed by atoms with E-state index in [1.807, 2.05) is 13.8 Å². The van der Waals surface area contributed by atoms with E-state index < -0.39 is 9.84 Å². The molecular weight excluding hydrogens is 278 g/mol. The summed E-state index contributed by atoms with van der Waals surface area (Å²) in [6, 6.07) is 0. The number of fused-ring (bicyclic) bond motifs is 1. The molecule has 0 aliphatic rings. The maximum atomic E-state index is 11.8. The Hall–Kier alpha value is -2.14. The van der Waals surface area contributed by atoms with Crippen LogP contribution < -0.4 is 5.73 Å². The molecule has 0 saturated heterocycles. The summed E-state index contributed by atoms with van der Waals surface area (Å²) in [5.74, 6) is 0.117. The first-order valence-corrected chi connectivity index (χ1v) is 7.83. The van der Waals surface area contributed by atoms with Crippen LogP contribution in [0.5, 0.6) is 0 Å². The molecule has 2 heterocycles. The van der Waals surface area contributed by atoms with Gasteiger partial charge in [0.1, 0.15) is 5.82 Å². The topological polar surface area (TPSA) is 94.7 Å². The molecule has 0 fully saturated rings. The highest BCUT2D eigenvalue weighted by atomic mass is 32.2. The van der Waals surface area contributed by atoms with Crippen molar-refractivity contribution in [2.75, 3.05) is 12.0 Å². The lowest BCUT2D eigenvalue weighted by atomic mass is 10.0. The Labute approximate surface area is 117 Å². The molecule has 0 unspecified atom stereocenters. The molecular formula is C12H15N5O2S. The lowest BCUT2D eigenvalue weighted by Gasteiger charge is -2.08. The summed E-state index contributed by atoms with van der Waals surface area (Å²) in [5, 5.41) is 3.96. The number of nitrogen functional groups attached to an aromatic ring is 1. The maximum absolute atomic E-state index is 11.8. The molecule has 2 rings (SSSR count). The molecule has 106 valence electrons. The van der Waals surface area contributed by atoms with Gasteiger partial charge < -0.3 is 5.73 Å². The molecule has 0 aromatic carbocycles. The van der Waals surface area contributed by atoms with Crippen LogP contribution in [0.25, 0.3) is 10.5 Å². The van der Waals surface area contributed by atoms with Crippen LogP contribution in [0.4, 0.5) is 11.5 Å². The number of aromatic nitrogens is 3. The van der Waals surface area contributed by atoms with Gasteiger partial charge in [-0.3, -0.25) is 0 Å². The third-order valence-electron chi connectivity index (χ3n) is 3.00. The van der Waals surface area contributed by atoms with Crippen LogP contribution in [0.1, 0.15) is 31.0 Å². The third-order valence-corrected chi connectivity index (χ3v) is 3.99. The smallest absolute Gasteiger partial charge is 0.264 e. The highest BCUT2D eigenvalue weighted by Crippen LogP contribution is 2.33. The number of anilines is 1. The summed E-state index contributed by atoms with van der Waals surface area (Å²) < 4.78 is 25.0. The van der Waals surface area contributed by atoms with E-state index in [0.29, 0.717) is 5.65 Å². The number of aryl methyl sites for hydroxylation is 1. The van der Waals surface area contributed by atoms with E-state index in [-0.39, 0.29) is 22.4 Å². The van der Waals surface area contributed by atoms with Crippen LogP contribution in [-0.2, 0) is 9.84 Å². The first kappa shape index (κ1) is 14.3. The second kappa shape index (κ2) is 4.45. The van der Waals surface area contributed by atoms with Gasteiger partial charge >= 0.3 is 0 Å². The van der Waals surface area contributed by atoms with Crippen molar-refractivity contribution in [3.8, 4) is 0 Å². The molecule has 7 nitrogen and oxygen atoms in total. The van der Waals surface area contributed by atoms with Gasteiger partial charge in [-0.15, -0.1) is 0 Å². The van der Waals surface area contributed by atoms with Crippen molar-refractivity contribution < 1.29 is 8.42 Å². The minimum absolute atomic E-state index is 0.000394. The molecule has 2 aromatic rings.